The van der Waals surface area contributed by atoms with E-state index in [4.69, 9.17) is 11.6 Å². The third-order valence-corrected chi connectivity index (χ3v) is 3.93. The Balaban J connectivity index is 2.22. The second-order valence-electron chi connectivity index (χ2n) is 3.60. The van der Waals surface area contributed by atoms with E-state index in [9.17, 15) is 0 Å². The SMILES string of the molecule is CNCCc1ccc(-c2ccccc2Cl)s1. The van der Waals surface area contributed by atoms with E-state index >= 15 is 0 Å². The third kappa shape index (κ3) is 2.64. The molecule has 0 amide bonds. The first-order valence-corrected chi connectivity index (χ1v) is 6.49. The Kier molecular flexibility index (Phi) is 3.99. The van der Waals surface area contributed by atoms with Crippen LogP contribution in [0.3, 0.4) is 0 Å². The van der Waals surface area contributed by atoms with Crippen molar-refractivity contribution in [3.05, 3.63) is 46.3 Å². The van der Waals surface area contributed by atoms with Crippen molar-refractivity contribution in [1.82, 2.24) is 5.32 Å². The number of likely N-dealkylation sites (N-methyl/N-ethyl adjacent to an activating group) is 1. The first-order valence-electron chi connectivity index (χ1n) is 5.29. The minimum absolute atomic E-state index is 0.824. The van der Waals surface area contributed by atoms with Crippen molar-refractivity contribution in [2.45, 2.75) is 6.42 Å². The predicted octanol–water partition coefficient (Wildman–Crippen LogP) is 3.83. The van der Waals surface area contributed by atoms with Gasteiger partial charge in [0.1, 0.15) is 0 Å². The van der Waals surface area contributed by atoms with Gasteiger partial charge in [-0.25, -0.2) is 0 Å². The molecule has 16 heavy (non-hydrogen) atoms. The Morgan fingerprint density at radius 2 is 2.00 bits per heavy atom. The molecule has 84 valence electrons. The van der Waals surface area contributed by atoms with Crippen LogP contribution < -0.4 is 5.32 Å². The molecule has 0 bridgehead atoms. The fourth-order valence-corrected chi connectivity index (χ4v) is 2.91. The molecule has 0 atom stereocenters. The molecule has 1 N–H and O–H groups in total. The molecule has 0 aliphatic heterocycles. The molecule has 2 rings (SSSR count). The molecule has 1 heterocycles. The molecule has 0 radical (unpaired) electrons. The molecule has 1 aromatic carbocycles. The maximum atomic E-state index is 6.17. The van der Waals surface area contributed by atoms with Crippen LogP contribution in [0.25, 0.3) is 10.4 Å². The molecule has 3 heteroatoms. The molecule has 0 fully saturated rings. The lowest BCUT2D eigenvalue weighted by molar-refractivity contribution is 0.799. The van der Waals surface area contributed by atoms with Crippen LogP contribution in [0.2, 0.25) is 5.02 Å². The average Bonchev–Trinajstić information content (AvgIpc) is 2.75. The van der Waals surface area contributed by atoms with Gasteiger partial charge in [-0.3, -0.25) is 0 Å². The van der Waals surface area contributed by atoms with Crippen molar-refractivity contribution in [2.24, 2.45) is 0 Å². The first kappa shape index (κ1) is 11.6. The van der Waals surface area contributed by atoms with Crippen LogP contribution in [-0.2, 0) is 6.42 Å². The molecule has 0 unspecified atom stereocenters. The summed E-state index contributed by atoms with van der Waals surface area (Å²) < 4.78 is 0. The minimum atomic E-state index is 0.824. The third-order valence-electron chi connectivity index (χ3n) is 2.42. The Morgan fingerprint density at radius 3 is 2.75 bits per heavy atom. The molecule has 1 nitrogen and oxygen atoms in total. The van der Waals surface area contributed by atoms with Crippen molar-refractivity contribution in [3.8, 4) is 10.4 Å². The summed E-state index contributed by atoms with van der Waals surface area (Å²) in [6, 6.07) is 12.3. The molecule has 0 aliphatic carbocycles. The van der Waals surface area contributed by atoms with Gasteiger partial charge in [0.2, 0.25) is 0 Å². The van der Waals surface area contributed by atoms with E-state index in [1.54, 1.807) is 0 Å². The van der Waals surface area contributed by atoms with Crippen LogP contribution in [0, 0.1) is 0 Å². The lowest BCUT2D eigenvalue weighted by Gasteiger charge is -1.99. The van der Waals surface area contributed by atoms with Crippen molar-refractivity contribution < 1.29 is 0 Å². The maximum Gasteiger partial charge on any atom is 0.0492 e. The van der Waals surface area contributed by atoms with Crippen molar-refractivity contribution >= 4 is 22.9 Å². The predicted molar refractivity (Wildman–Crippen MR) is 72.4 cm³/mol. The van der Waals surface area contributed by atoms with Crippen molar-refractivity contribution in [1.29, 1.82) is 0 Å². The normalized spacial score (nSPS) is 10.6. The summed E-state index contributed by atoms with van der Waals surface area (Å²) in [7, 11) is 1.97. The topological polar surface area (TPSA) is 12.0 Å². The van der Waals surface area contributed by atoms with E-state index in [0.717, 1.165) is 23.6 Å². The fourth-order valence-electron chi connectivity index (χ4n) is 1.57. The first-order chi connectivity index (χ1) is 7.81. The van der Waals surface area contributed by atoms with E-state index in [2.05, 4.69) is 23.5 Å². The number of thiophene rings is 1. The van der Waals surface area contributed by atoms with Crippen LogP contribution in [0.15, 0.2) is 36.4 Å². The Bertz CT molecular complexity index is 464. The van der Waals surface area contributed by atoms with Gasteiger partial charge in [0, 0.05) is 20.3 Å². The quantitative estimate of drug-likeness (QED) is 0.871. The van der Waals surface area contributed by atoms with Gasteiger partial charge < -0.3 is 5.32 Å². The van der Waals surface area contributed by atoms with E-state index in [1.165, 1.54) is 9.75 Å². The van der Waals surface area contributed by atoms with E-state index in [-0.39, 0.29) is 0 Å². The minimum Gasteiger partial charge on any atom is -0.319 e. The van der Waals surface area contributed by atoms with E-state index in [0.29, 0.717) is 0 Å². The van der Waals surface area contributed by atoms with Crippen LogP contribution in [0.5, 0.6) is 0 Å². The number of rotatable bonds is 4. The highest BCUT2D eigenvalue weighted by Gasteiger charge is 2.05. The van der Waals surface area contributed by atoms with Crippen LogP contribution >= 0.6 is 22.9 Å². The van der Waals surface area contributed by atoms with Gasteiger partial charge in [-0.2, -0.15) is 0 Å². The molecular weight excluding hydrogens is 238 g/mol. The highest BCUT2D eigenvalue weighted by molar-refractivity contribution is 7.15. The average molecular weight is 252 g/mol. The number of benzene rings is 1. The van der Waals surface area contributed by atoms with Gasteiger partial charge in [-0.1, -0.05) is 29.8 Å². The van der Waals surface area contributed by atoms with Gasteiger partial charge in [0.15, 0.2) is 0 Å². The Morgan fingerprint density at radius 1 is 1.19 bits per heavy atom. The van der Waals surface area contributed by atoms with Crippen LogP contribution in [-0.4, -0.2) is 13.6 Å². The van der Waals surface area contributed by atoms with Gasteiger partial charge in [-0.15, -0.1) is 11.3 Å². The molecule has 1 aromatic heterocycles. The maximum absolute atomic E-state index is 6.17. The largest absolute Gasteiger partial charge is 0.319 e. The van der Waals surface area contributed by atoms with Crippen molar-refractivity contribution in [2.75, 3.05) is 13.6 Å². The zero-order valence-corrected chi connectivity index (χ0v) is 10.7. The molecule has 0 aliphatic rings. The monoisotopic (exact) mass is 251 g/mol. The standard InChI is InChI=1S/C13H14ClNS/c1-15-9-8-10-6-7-13(16-10)11-4-2-3-5-12(11)14/h2-7,15H,8-9H2,1H3. The summed E-state index contributed by atoms with van der Waals surface area (Å²) in [5.74, 6) is 0. The summed E-state index contributed by atoms with van der Waals surface area (Å²) in [6.07, 6.45) is 1.08. The number of halogens is 1. The second kappa shape index (κ2) is 5.48. The van der Waals surface area contributed by atoms with Gasteiger partial charge >= 0.3 is 0 Å². The summed E-state index contributed by atoms with van der Waals surface area (Å²) in [5, 5.41) is 3.98. The lowest BCUT2D eigenvalue weighted by atomic mass is 10.2. The zero-order chi connectivity index (χ0) is 11.4. The van der Waals surface area contributed by atoms with Gasteiger partial charge in [0.25, 0.3) is 0 Å². The molecule has 0 saturated carbocycles. The summed E-state index contributed by atoms with van der Waals surface area (Å²) in [6.45, 7) is 1.02. The van der Waals surface area contributed by atoms with Gasteiger partial charge in [0.05, 0.1) is 0 Å². The fraction of sp³-hybridized carbons (Fsp3) is 0.231. The van der Waals surface area contributed by atoms with Crippen molar-refractivity contribution in [3.63, 3.8) is 0 Å². The number of hydrogen-bond donors (Lipinski definition) is 1. The number of nitrogens with one attached hydrogen (secondary N) is 1. The highest BCUT2D eigenvalue weighted by atomic mass is 35.5. The molecule has 0 spiro atoms. The van der Waals surface area contributed by atoms with E-state index in [1.807, 2.05) is 36.6 Å². The zero-order valence-electron chi connectivity index (χ0n) is 9.16. The highest BCUT2D eigenvalue weighted by Crippen LogP contribution is 2.33. The van der Waals surface area contributed by atoms with E-state index < -0.39 is 0 Å². The van der Waals surface area contributed by atoms with Crippen LogP contribution in [0.4, 0.5) is 0 Å². The smallest absolute Gasteiger partial charge is 0.0492 e. The molecule has 2 aromatic rings. The number of hydrogen-bond acceptors (Lipinski definition) is 2. The second-order valence-corrected chi connectivity index (χ2v) is 5.17. The van der Waals surface area contributed by atoms with Gasteiger partial charge in [-0.05, 0) is 38.2 Å². The molecular formula is C13H14ClNS. The molecule has 0 saturated heterocycles. The summed E-state index contributed by atoms with van der Waals surface area (Å²) >= 11 is 7.98. The Hall–Kier alpha value is -0.830. The van der Waals surface area contributed by atoms with Crippen LogP contribution in [0.1, 0.15) is 4.88 Å². The Labute approximate surface area is 105 Å². The summed E-state index contributed by atoms with van der Waals surface area (Å²) in [5.41, 5.74) is 1.13. The summed E-state index contributed by atoms with van der Waals surface area (Å²) in [4.78, 5) is 2.64. The lowest BCUT2D eigenvalue weighted by Crippen LogP contribution is -2.09.